The van der Waals surface area contributed by atoms with Crippen LogP contribution in [0.1, 0.15) is 19.3 Å². The fraction of sp³-hybridized carbons (Fsp3) is 1.00. The van der Waals surface area contributed by atoms with Crippen LogP contribution in [0.15, 0.2) is 0 Å². The normalized spacial score (nSPS) is 10.9. The second-order valence-electron chi connectivity index (χ2n) is 2.74. The van der Waals surface area contributed by atoms with E-state index >= 15 is 0 Å². The molecule has 0 amide bonds. The van der Waals surface area contributed by atoms with Gasteiger partial charge in [-0.1, -0.05) is 6.42 Å². The molecule has 0 saturated heterocycles. The minimum atomic E-state index is 0.728. The van der Waals surface area contributed by atoms with Crippen molar-refractivity contribution >= 4 is 23.2 Å². The monoisotopic (exact) mass is 197 g/mol. The second kappa shape index (κ2) is 8.63. The molecule has 0 aliphatic rings. The van der Waals surface area contributed by atoms with Crippen molar-refractivity contribution in [2.45, 2.75) is 19.3 Å². The molecule has 0 fully saturated rings. The smallest absolute Gasteiger partial charge is 0.0351 e. The lowest BCUT2D eigenvalue weighted by molar-refractivity contribution is 0.345. The molecular formula is C8H17Cl2N. The van der Waals surface area contributed by atoms with E-state index in [0.29, 0.717) is 0 Å². The molecule has 0 aromatic rings. The molecule has 1 nitrogen and oxygen atoms in total. The van der Waals surface area contributed by atoms with Crippen molar-refractivity contribution < 1.29 is 0 Å². The van der Waals surface area contributed by atoms with E-state index in [1.165, 1.54) is 12.8 Å². The van der Waals surface area contributed by atoms with Crippen molar-refractivity contribution in [1.29, 1.82) is 0 Å². The SMILES string of the molecule is CN(CCCl)CCCCCCl. The number of hydrogen-bond acceptors (Lipinski definition) is 1. The largest absolute Gasteiger partial charge is 0.305 e. The molecule has 0 rings (SSSR count). The molecule has 3 heteroatoms. The minimum Gasteiger partial charge on any atom is -0.305 e. The molecule has 0 radical (unpaired) electrons. The third-order valence-corrected chi connectivity index (χ3v) is 2.08. The van der Waals surface area contributed by atoms with Crippen molar-refractivity contribution in [3.05, 3.63) is 0 Å². The average Bonchev–Trinajstić information content (AvgIpc) is 1.99. The molecule has 0 heterocycles. The average molecular weight is 198 g/mol. The maximum absolute atomic E-state index is 5.57. The highest BCUT2D eigenvalue weighted by atomic mass is 35.5. The first-order valence-corrected chi connectivity index (χ1v) is 5.18. The summed E-state index contributed by atoms with van der Waals surface area (Å²) in [5.74, 6) is 1.52. The van der Waals surface area contributed by atoms with Gasteiger partial charge in [0.05, 0.1) is 0 Å². The molecule has 0 atom stereocenters. The van der Waals surface area contributed by atoms with Gasteiger partial charge >= 0.3 is 0 Å². The summed E-state index contributed by atoms with van der Waals surface area (Å²) in [5.41, 5.74) is 0. The second-order valence-corrected chi connectivity index (χ2v) is 3.50. The predicted octanol–water partition coefficient (Wildman–Crippen LogP) is 2.57. The van der Waals surface area contributed by atoms with Crippen molar-refractivity contribution in [2.24, 2.45) is 0 Å². The minimum absolute atomic E-state index is 0.728. The third kappa shape index (κ3) is 8.45. The molecule has 0 aromatic carbocycles. The first-order chi connectivity index (χ1) is 5.31. The first kappa shape index (κ1) is 11.5. The van der Waals surface area contributed by atoms with Gasteiger partial charge in [0.15, 0.2) is 0 Å². The van der Waals surface area contributed by atoms with Gasteiger partial charge < -0.3 is 4.90 Å². The highest BCUT2D eigenvalue weighted by Gasteiger charge is 1.95. The van der Waals surface area contributed by atoms with Gasteiger partial charge in [0.2, 0.25) is 0 Å². The van der Waals surface area contributed by atoms with E-state index in [0.717, 1.165) is 31.3 Å². The molecule has 0 spiro atoms. The van der Waals surface area contributed by atoms with E-state index in [1.807, 2.05) is 0 Å². The van der Waals surface area contributed by atoms with Gasteiger partial charge in [-0.3, -0.25) is 0 Å². The summed E-state index contributed by atoms with van der Waals surface area (Å²) >= 11 is 11.1. The van der Waals surface area contributed by atoms with Crippen LogP contribution in [0, 0.1) is 0 Å². The Kier molecular flexibility index (Phi) is 9.06. The van der Waals surface area contributed by atoms with Crippen molar-refractivity contribution in [2.75, 3.05) is 31.9 Å². The van der Waals surface area contributed by atoms with E-state index in [2.05, 4.69) is 11.9 Å². The Bertz CT molecular complexity index is 78.5. The molecule has 68 valence electrons. The van der Waals surface area contributed by atoms with Crippen LogP contribution in [0.3, 0.4) is 0 Å². The molecule has 0 unspecified atom stereocenters. The summed E-state index contributed by atoms with van der Waals surface area (Å²) in [6, 6.07) is 0. The number of halogens is 2. The summed E-state index contributed by atoms with van der Waals surface area (Å²) < 4.78 is 0. The van der Waals surface area contributed by atoms with Gasteiger partial charge in [0.25, 0.3) is 0 Å². The van der Waals surface area contributed by atoms with Crippen LogP contribution in [-0.4, -0.2) is 36.8 Å². The number of nitrogens with zero attached hydrogens (tertiary/aromatic N) is 1. The maximum Gasteiger partial charge on any atom is 0.0351 e. The van der Waals surface area contributed by atoms with Crippen LogP contribution in [0.4, 0.5) is 0 Å². The van der Waals surface area contributed by atoms with Crippen LogP contribution in [-0.2, 0) is 0 Å². The zero-order valence-electron chi connectivity index (χ0n) is 7.15. The molecule has 11 heavy (non-hydrogen) atoms. The quantitative estimate of drug-likeness (QED) is 0.449. The zero-order chi connectivity index (χ0) is 8.53. The van der Waals surface area contributed by atoms with E-state index in [-0.39, 0.29) is 0 Å². The van der Waals surface area contributed by atoms with Gasteiger partial charge in [-0.15, -0.1) is 23.2 Å². The van der Waals surface area contributed by atoms with Crippen molar-refractivity contribution in [1.82, 2.24) is 4.90 Å². The molecule has 0 aromatic heterocycles. The Morgan fingerprint density at radius 1 is 0.909 bits per heavy atom. The topological polar surface area (TPSA) is 3.24 Å². The van der Waals surface area contributed by atoms with Gasteiger partial charge in [0.1, 0.15) is 0 Å². The van der Waals surface area contributed by atoms with Crippen molar-refractivity contribution in [3.63, 3.8) is 0 Å². The number of unbranched alkanes of at least 4 members (excludes halogenated alkanes) is 2. The summed E-state index contributed by atoms with van der Waals surface area (Å²) in [5, 5.41) is 0. The molecule has 0 N–H and O–H groups in total. The van der Waals surface area contributed by atoms with Gasteiger partial charge in [-0.05, 0) is 26.4 Å². The Labute approximate surface area is 79.7 Å². The molecule has 0 aliphatic carbocycles. The van der Waals surface area contributed by atoms with Crippen LogP contribution in [0.25, 0.3) is 0 Å². The lowest BCUT2D eigenvalue weighted by Gasteiger charge is -2.13. The van der Waals surface area contributed by atoms with Crippen LogP contribution in [0.5, 0.6) is 0 Å². The number of hydrogen-bond donors (Lipinski definition) is 0. The third-order valence-electron chi connectivity index (χ3n) is 1.64. The highest BCUT2D eigenvalue weighted by molar-refractivity contribution is 6.18. The maximum atomic E-state index is 5.57. The lowest BCUT2D eigenvalue weighted by Crippen LogP contribution is -2.21. The van der Waals surface area contributed by atoms with E-state index in [4.69, 9.17) is 23.2 Å². The standard InChI is InChI=1S/C8H17Cl2N/c1-11(8-6-10)7-4-2-3-5-9/h2-8H2,1H3. The van der Waals surface area contributed by atoms with E-state index in [9.17, 15) is 0 Å². The fourth-order valence-electron chi connectivity index (χ4n) is 0.909. The Balaban J connectivity index is 2.97. The Morgan fingerprint density at radius 2 is 1.64 bits per heavy atom. The number of rotatable bonds is 7. The van der Waals surface area contributed by atoms with Gasteiger partial charge in [-0.25, -0.2) is 0 Å². The van der Waals surface area contributed by atoms with Crippen LogP contribution < -0.4 is 0 Å². The van der Waals surface area contributed by atoms with Gasteiger partial charge in [0, 0.05) is 18.3 Å². The predicted molar refractivity (Wildman–Crippen MR) is 52.8 cm³/mol. The molecule has 0 saturated carbocycles. The Hall–Kier alpha value is 0.540. The first-order valence-electron chi connectivity index (χ1n) is 4.11. The van der Waals surface area contributed by atoms with E-state index < -0.39 is 0 Å². The lowest BCUT2D eigenvalue weighted by atomic mass is 10.2. The highest BCUT2D eigenvalue weighted by Crippen LogP contribution is 1.98. The van der Waals surface area contributed by atoms with E-state index in [1.54, 1.807) is 0 Å². The zero-order valence-corrected chi connectivity index (χ0v) is 8.66. The molecule has 0 bridgehead atoms. The molecular weight excluding hydrogens is 181 g/mol. The molecule has 0 aliphatic heterocycles. The Morgan fingerprint density at radius 3 is 2.18 bits per heavy atom. The van der Waals surface area contributed by atoms with Crippen LogP contribution in [0.2, 0.25) is 0 Å². The fourth-order valence-corrected chi connectivity index (χ4v) is 1.39. The summed E-state index contributed by atoms with van der Waals surface area (Å²) in [6.07, 6.45) is 3.60. The number of alkyl halides is 2. The van der Waals surface area contributed by atoms with Crippen LogP contribution >= 0.6 is 23.2 Å². The summed E-state index contributed by atoms with van der Waals surface area (Å²) in [4.78, 5) is 2.25. The summed E-state index contributed by atoms with van der Waals surface area (Å²) in [7, 11) is 2.10. The summed E-state index contributed by atoms with van der Waals surface area (Å²) in [6.45, 7) is 2.13. The van der Waals surface area contributed by atoms with Gasteiger partial charge in [-0.2, -0.15) is 0 Å². The van der Waals surface area contributed by atoms with Crippen molar-refractivity contribution in [3.8, 4) is 0 Å².